The van der Waals surface area contributed by atoms with Crippen LogP contribution in [0, 0.1) is 5.92 Å². The van der Waals surface area contributed by atoms with Gasteiger partial charge in [-0.1, -0.05) is 38.5 Å². The van der Waals surface area contributed by atoms with E-state index in [4.69, 9.17) is 4.42 Å². The average Bonchev–Trinajstić information content (AvgIpc) is 3.32. The van der Waals surface area contributed by atoms with Crippen LogP contribution in [0.4, 0.5) is 0 Å². The van der Waals surface area contributed by atoms with E-state index < -0.39 is 0 Å². The third kappa shape index (κ3) is 3.75. The number of aromatic nitrogens is 2. The molecule has 0 bridgehead atoms. The van der Waals surface area contributed by atoms with Gasteiger partial charge in [0.1, 0.15) is 11.6 Å². The van der Waals surface area contributed by atoms with E-state index in [2.05, 4.69) is 20.9 Å². The maximum absolute atomic E-state index is 5.72. The molecule has 4 rings (SSSR count). The van der Waals surface area contributed by atoms with Crippen LogP contribution in [0.3, 0.4) is 0 Å². The highest BCUT2D eigenvalue weighted by Gasteiger charge is 2.25. The lowest BCUT2D eigenvalue weighted by atomic mass is 10.0. The van der Waals surface area contributed by atoms with E-state index in [0.717, 1.165) is 31.2 Å². The molecule has 0 spiro atoms. The van der Waals surface area contributed by atoms with Crippen molar-refractivity contribution in [1.29, 1.82) is 0 Å². The van der Waals surface area contributed by atoms with E-state index in [-0.39, 0.29) is 0 Å². The van der Waals surface area contributed by atoms with Gasteiger partial charge >= 0.3 is 0 Å². The van der Waals surface area contributed by atoms with Crippen LogP contribution in [0.25, 0.3) is 0 Å². The molecule has 1 saturated carbocycles. The van der Waals surface area contributed by atoms with Gasteiger partial charge in [0.2, 0.25) is 0 Å². The highest BCUT2D eigenvalue weighted by Crippen LogP contribution is 2.32. The van der Waals surface area contributed by atoms with Gasteiger partial charge in [-0.15, -0.1) is 0 Å². The molecule has 2 aromatic heterocycles. The molecular formula is C20H29N3O. The quantitative estimate of drug-likeness (QED) is 0.853. The Hall–Kier alpha value is -1.55. The fourth-order valence-electron chi connectivity index (χ4n) is 4.46. The van der Waals surface area contributed by atoms with Crippen molar-refractivity contribution in [2.24, 2.45) is 5.92 Å². The molecule has 0 radical (unpaired) electrons. The van der Waals surface area contributed by atoms with Crippen LogP contribution in [0.15, 0.2) is 29.0 Å². The van der Waals surface area contributed by atoms with E-state index >= 15 is 0 Å². The van der Waals surface area contributed by atoms with Crippen molar-refractivity contribution in [1.82, 2.24) is 14.9 Å². The van der Waals surface area contributed by atoms with Crippen LogP contribution in [0.2, 0.25) is 0 Å². The summed E-state index contributed by atoms with van der Waals surface area (Å²) in [5.41, 5.74) is 1.25. The number of hydrogen-bond acceptors (Lipinski definition) is 3. The number of rotatable bonds is 5. The topological polar surface area (TPSA) is 45.1 Å². The number of nitrogens with one attached hydrogen (secondary N) is 1. The predicted octanol–water partition coefficient (Wildman–Crippen LogP) is 4.85. The van der Waals surface area contributed by atoms with Gasteiger partial charge in [0, 0.05) is 24.9 Å². The zero-order chi connectivity index (χ0) is 16.2. The van der Waals surface area contributed by atoms with Crippen LogP contribution in [0.1, 0.15) is 74.7 Å². The minimum Gasteiger partial charge on any atom is -0.468 e. The number of imidazole rings is 1. The standard InChI is InChI=1S/C20H29N3O/c1-2-9-18(19-10-6-12-24-19)23(11-5-1)15-17-14-21-20(22-17)13-16-7-3-4-8-16/h6,10,12,14,16,18H,1-5,7-9,11,13,15H2,(H,21,22)/t18-/m0/s1. The molecule has 2 fully saturated rings. The lowest BCUT2D eigenvalue weighted by Gasteiger charge is -2.27. The Bertz CT molecular complexity index is 613. The van der Waals surface area contributed by atoms with Crippen molar-refractivity contribution in [2.45, 2.75) is 70.4 Å². The van der Waals surface area contributed by atoms with E-state index in [9.17, 15) is 0 Å². The molecule has 3 heterocycles. The molecular weight excluding hydrogens is 298 g/mol. The average molecular weight is 327 g/mol. The summed E-state index contributed by atoms with van der Waals surface area (Å²) in [6.45, 7) is 2.09. The Labute approximate surface area is 144 Å². The summed E-state index contributed by atoms with van der Waals surface area (Å²) in [5.74, 6) is 3.14. The summed E-state index contributed by atoms with van der Waals surface area (Å²) in [7, 11) is 0. The summed E-state index contributed by atoms with van der Waals surface area (Å²) in [5, 5.41) is 0. The van der Waals surface area contributed by atoms with Gasteiger partial charge in [0.05, 0.1) is 12.3 Å². The number of nitrogens with zero attached hydrogens (tertiary/aromatic N) is 2. The molecule has 1 aliphatic carbocycles. The first kappa shape index (κ1) is 15.9. The highest BCUT2D eigenvalue weighted by atomic mass is 16.3. The molecule has 24 heavy (non-hydrogen) atoms. The first-order valence-electron chi connectivity index (χ1n) is 9.69. The summed E-state index contributed by atoms with van der Waals surface area (Å²) in [6.07, 6.45) is 15.6. The van der Waals surface area contributed by atoms with Gasteiger partial charge in [0.25, 0.3) is 0 Å². The van der Waals surface area contributed by atoms with Gasteiger partial charge in [-0.25, -0.2) is 4.98 Å². The molecule has 1 N–H and O–H groups in total. The summed E-state index contributed by atoms with van der Waals surface area (Å²) in [6, 6.07) is 4.54. The second-order valence-electron chi connectivity index (χ2n) is 7.56. The van der Waals surface area contributed by atoms with Gasteiger partial charge in [-0.05, 0) is 37.4 Å². The highest BCUT2D eigenvalue weighted by molar-refractivity contribution is 5.08. The van der Waals surface area contributed by atoms with Crippen molar-refractivity contribution >= 4 is 0 Å². The molecule has 2 aromatic rings. The van der Waals surface area contributed by atoms with Gasteiger partial charge < -0.3 is 9.40 Å². The monoisotopic (exact) mass is 327 g/mol. The molecule has 1 saturated heterocycles. The van der Waals surface area contributed by atoms with Crippen molar-refractivity contribution in [2.75, 3.05) is 6.54 Å². The number of furan rings is 1. The van der Waals surface area contributed by atoms with Crippen LogP contribution in [-0.4, -0.2) is 21.4 Å². The fraction of sp³-hybridized carbons (Fsp3) is 0.650. The van der Waals surface area contributed by atoms with Crippen molar-refractivity contribution in [3.05, 3.63) is 41.9 Å². The molecule has 4 nitrogen and oxygen atoms in total. The maximum Gasteiger partial charge on any atom is 0.120 e. The second kappa shape index (κ2) is 7.56. The van der Waals surface area contributed by atoms with E-state index in [1.165, 1.54) is 62.9 Å². The number of hydrogen-bond donors (Lipinski definition) is 1. The Morgan fingerprint density at radius 2 is 2.00 bits per heavy atom. The lowest BCUT2D eigenvalue weighted by molar-refractivity contribution is 0.168. The van der Waals surface area contributed by atoms with Crippen LogP contribution < -0.4 is 0 Å². The Morgan fingerprint density at radius 1 is 1.12 bits per heavy atom. The van der Waals surface area contributed by atoms with Crippen molar-refractivity contribution in [3.63, 3.8) is 0 Å². The molecule has 0 unspecified atom stereocenters. The summed E-state index contributed by atoms with van der Waals surface area (Å²) >= 11 is 0. The number of aromatic amines is 1. The summed E-state index contributed by atoms with van der Waals surface area (Å²) < 4.78 is 5.72. The minimum absolute atomic E-state index is 0.407. The van der Waals surface area contributed by atoms with Crippen LogP contribution in [0.5, 0.6) is 0 Å². The van der Waals surface area contributed by atoms with Crippen molar-refractivity contribution in [3.8, 4) is 0 Å². The van der Waals surface area contributed by atoms with Crippen LogP contribution in [-0.2, 0) is 13.0 Å². The number of H-pyrrole nitrogens is 1. The largest absolute Gasteiger partial charge is 0.468 e. The first-order valence-corrected chi connectivity index (χ1v) is 9.69. The summed E-state index contributed by atoms with van der Waals surface area (Å²) in [4.78, 5) is 10.8. The minimum atomic E-state index is 0.407. The number of likely N-dealkylation sites (tertiary alicyclic amines) is 1. The van der Waals surface area contributed by atoms with Gasteiger partial charge in [0.15, 0.2) is 0 Å². The molecule has 1 aliphatic heterocycles. The van der Waals surface area contributed by atoms with Gasteiger partial charge in [-0.2, -0.15) is 0 Å². The normalized spacial score (nSPS) is 23.6. The third-order valence-corrected chi connectivity index (χ3v) is 5.75. The van der Waals surface area contributed by atoms with E-state index in [0.29, 0.717) is 6.04 Å². The zero-order valence-corrected chi connectivity index (χ0v) is 14.5. The van der Waals surface area contributed by atoms with Gasteiger partial charge in [-0.3, -0.25) is 4.90 Å². The fourth-order valence-corrected chi connectivity index (χ4v) is 4.46. The first-order chi connectivity index (χ1) is 11.9. The molecule has 0 amide bonds. The SMILES string of the molecule is c1coc([C@@H]2CCCCCN2Cc2cnc(CC3CCCC3)[nH]2)c1. The molecule has 2 aliphatic rings. The third-order valence-electron chi connectivity index (χ3n) is 5.75. The molecule has 130 valence electrons. The van der Waals surface area contributed by atoms with Crippen molar-refractivity contribution < 1.29 is 4.42 Å². The lowest BCUT2D eigenvalue weighted by Crippen LogP contribution is -2.28. The van der Waals surface area contributed by atoms with E-state index in [1.54, 1.807) is 6.26 Å². The Balaban J connectivity index is 1.43. The predicted molar refractivity (Wildman–Crippen MR) is 94.6 cm³/mol. The smallest absolute Gasteiger partial charge is 0.120 e. The molecule has 4 heteroatoms. The Kier molecular flexibility index (Phi) is 5.02. The molecule has 0 aromatic carbocycles. The zero-order valence-electron chi connectivity index (χ0n) is 14.5. The maximum atomic E-state index is 5.72. The van der Waals surface area contributed by atoms with Crippen LogP contribution >= 0.6 is 0 Å². The second-order valence-corrected chi connectivity index (χ2v) is 7.56. The van der Waals surface area contributed by atoms with E-state index in [1.807, 2.05) is 12.3 Å². The molecule has 1 atom stereocenters. The Morgan fingerprint density at radius 3 is 2.83 bits per heavy atom.